The molecule has 0 saturated carbocycles. The van der Waals surface area contributed by atoms with Gasteiger partial charge in [-0.2, -0.15) is 0 Å². The molecule has 3 heterocycles. The molecule has 3 aromatic heterocycles. The molecule has 0 aliphatic rings. The van der Waals surface area contributed by atoms with E-state index in [0.29, 0.717) is 0 Å². The average Bonchev–Trinajstić information content (AvgIpc) is 3.74. The minimum atomic E-state index is 0.877. The molecule has 0 fully saturated rings. The van der Waals surface area contributed by atoms with Gasteiger partial charge < -0.3 is 13.3 Å². The largest absolute Gasteiger partial charge is 0.464 e. The predicted octanol–water partition coefficient (Wildman–Crippen LogP) is 10.7. The highest BCUT2D eigenvalue weighted by atomic mass is 16.3. The van der Waals surface area contributed by atoms with Crippen LogP contribution in [0.15, 0.2) is 135 Å². The molecule has 0 radical (unpaired) electrons. The van der Waals surface area contributed by atoms with Gasteiger partial charge in [-0.3, -0.25) is 0 Å². The quantitative estimate of drug-likeness (QED) is 0.222. The van der Waals surface area contributed by atoms with Gasteiger partial charge in [0.25, 0.3) is 0 Å². The van der Waals surface area contributed by atoms with Gasteiger partial charge >= 0.3 is 0 Å². The number of fused-ring (bicyclic) bond motifs is 7. The maximum Gasteiger partial charge on any atom is 0.136 e. The van der Waals surface area contributed by atoms with Gasteiger partial charge in [0.05, 0.1) is 12.5 Å². The minimum Gasteiger partial charge on any atom is -0.464 e. The summed E-state index contributed by atoms with van der Waals surface area (Å²) in [5.74, 6) is 1.75. The Morgan fingerprint density at radius 2 is 0.795 bits per heavy atom. The molecule has 3 nitrogen and oxygen atoms in total. The molecule has 9 rings (SSSR count). The highest BCUT2D eigenvalue weighted by molar-refractivity contribution is 6.16. The normalized spacial score (nSPS) is 12.1. The molecule has 0 aliphatic carbocycles. The monoisotopic (exact) mass is 500 g/mol. The van der Waals surface area contributed by atoms with Crippen LogP contribution in [-0.2, 0) is 0 Å². The Balaban J connectivity index is 1.23. The Kier molecular flexibility index (Phi) is 4.05. The van der Waals surface area contributed by atoms with Crippen molar-refractivity contribution >= 4 is 65.0 Å². The SMILES string of the molecule is c1coc(-c2ccc3cc4cc5c(cc4cc3c2)oc2cc3cc4cc(-c6ccco6)ccc4cc3cc25)c1. The summed E-state index contributed by atoms with van der Waals surface area (Å²) in [5.41, 5.74) is 3.96. The Hall–Kier alpha value is -5.28. The highest BCUT2D eigenvalue weighted by Crippen LogP contribution is 2.38. The minimum absolute atomic E-state index is 0.877. The molecule has 0 aliphatic heterocycles. The summed E-state index contributed by atoms with van der Waals surface area (Å²) < 4.78 is 17.6. The molecule has 0 amide bonds. The van der Waals surface area contributed by atoms with Gasteiger partial charge in [0.15, 0.2) is 0 Å². The van der Waals surface area contributed by atoms with E-state index in [1.807, 2.05) is 24.3 Å². The lowest BCUT2D eigenvalue weighted by Gasteiger charge is -2.06. The summed E-state index contributed by atoms with van der Waals surface area (Å²) in [4.78, 5) is 0. The van der Waals surface area contributed by atoms with Crippen molar-refractivity contribution in [2.75, 3.05) is 0 Å². The first-order chi connectivity index (χ1) is 19.2. The van der Waals surface area contributed by atoms with E-state index in [2.05, 4.69) is 84.9 Å². The lowest BCUT2D eigenvalue weighted by Crippen LogP contribution is -1.80. The molecule has 182 valence electrons. The third kappa shape index (κ3) is 3.17. The van der Waals surface area contributed by atoms with E-state index < -0.39 is 0 Å². The average molecular weight is 501 g/mol. The van der Waals surface area contributed by atoms with Gasteiger partial charge in [-0.15, -0.1) is 0 Å². The smallest absolute Gasteiger partial charge is 0.136 e. The second-order valence-corrected chi connectivity index (χ2v) is 10.3. The first-order valence-corrected chi connectivity index (χ1v) is 13.0. The van der Waals surface area contributed by atoms with E-state index in [1.165, 1.54) is 32.3 Å². The molecule has 6 aromatic carbocycles. The summed E-state index contributed by atoms with van der Waals surface area (Å²) in [6.07, 6.45) is 3.42. The van der Waals surface area contributed by atoms with Crippen LogP contribution in [0.1, 0.15) is 0 Å². The summed E-state index contributed by atoms with van der Waals surface area (Å²) in [6.45, 7) is 0. The lowest BCUT2D eigenvalue weighted by molar-refractivity contribution is 0.582. The van der Waals surface area contributed by atoms with Crippen molar-refractivity contribution in [1.82, 2.24) is 0 Å². The summed E-state index contributed by atoms with van der Waals surface area (Å²) in [6, 6.07) is 38.6. The molecule has 3 heteroatoms. The fourth-order valence-corrected chi connectivity index (χ4v) is 5.96. The number of furan rings is 3. The molecule has 39 heavy (non-hydrogen) atoms. The third-order valence-electron chi connectivity index (χ3n) is 7.91. The van der Waals surface area contributed by atoms with E-state index in [0.717, 1.165) is 55.4 Å². The molecule has 0 N–H and O–H groups in total. The molecule has 0 spiro atoms. The van der Waals surface area contributed by atoms with Crippen molar-refractivity contribution < 1.29 is 13.3 Å². The van der Waals surface area contributed by atoms with Crippen molar-refractivity contribution in [3.05, 3.63) is 122 Å². The van der Waals surface area contributed by atoms with Crippen LogP contribution < -0.4 is 0 Å². The van der Waals surface area contributed by atoms with Crippen LogP contribution in [0.2, 0.25) is 0 Å². The van der Waals surface area contributed by atoms with Crippen molar-refractivity contribution in [2.45, 2.75) is 0 Å². The summed E-state index contributed by atoms with van der Waals surface area (Å²) in [7, 11) is 0. The fourth-order valence-electron chi connectivity index (χ4n) is 5.96. The Morgan fingerprint density at radius 1 is 0.359 bits per heavy atom. The number of benzene rings is 6. The summed E-state index contributed by atoms with van der Waals surface area (Å²) >= 11 is 0. The van der Waals surface area contributed by atoms with Gasteiger partial charge in [-0.25, -0.2) is 0 Å². The number of rotatable bonds is 2. The van der Waals surface area contributed by atoms with Gasteiger partial charge in [0, 0.05) is 21.9 Å². The Bertz CT molecular complexity index is 2200. The summed E-state index contributed by atoms with van der Waals surface area (Å²) in [5, 5.41) is 11.8. The molecular weight excluding hydrogens is 480 g/mol. The highest BCUT2D eigenvalue weighted by Gasteiger charge is 2.12. The van der Waals surface area contributed by atoms with Crippen LogP contribution in [0.5, 0.6) is 0 Å². The second kappa shape index (κ2) is 7.62. The zero-order valence-corrected chi connectivity index (χ0v) is 20.8. The van der Waals surface area contributed by atoms with Crippen LogP contribution in [0.4, 0.5) is 0 Å². The van der Waals surface area contributed by atoms with E-state index in [4.69, 9.17) is 13.3 Å². The predicted molar refractivity (Wildman–Crippen MR) is 159 cm³/mol. The second-order valence-electron chi connectivity index (χ2n) is 10.3. The zero-order chi connectivity index (χ0) is 25.5. The molecule has 0 atom stereocenters. The maximum atomic E-state index is 6.43. The van der Waals surface area contributed by atoms with Gasteiger partial charge in [0.2, 0.25) is 0 Å². The topological polar surface area (TPSA) is 39.4 Å². The van der Waals surface area contributed by atoms with Crippen LogP contribution in [-0.4, -0.2) is 0 Å². The van der Waals surface area contributed by atoms with Gasteiger partial charge in [-0.1, -0.05) is 24.3 Å². The van der Waals surface area contributed by atoms with Gasteiger partial charge in [-0.05, 0) is 128 Å². The van der Waals surface area contributed by atoms with E-state index >= 15 is 0 Å². The number of hydrogen-bond donors (Lipinski definition) is 0. The first kappa shape index (κ1) is 20.7. The molecule has 0 saturated heterocycles. The van der Waals surface area contributed by atoms with Crippen LogP contribution in [0.25, 0.3) is 87.7 Å². The van der Waals surface area contributed by atoms with Crippen molar-refractivity contribution in [3.63, 3.8) is 0 Å². The Morgan fingerprint density at radius 3 is 1.26 bits per heavy atom. The maximum absolute atomic E-state index is 6.43. The van der Waals surface area contributed by atoms with Gasteiger partial charge in [0.1, 0.15) is 22.7 Å². The Labute approximate surface area is 222 Å². The molecular formula is C36H20O3. The van der Waals surface area contributed by atoms with Crippen molar-refractivity contribution in [2.24, 2.45) is 0 Å². The van der Waals surface area contributed by atoms with E-state index in [9.17, 15) is 0 Å². The third-order valence-corrected chi connectivity index (χ3v) is 7.91. The van der Waals surface area contributed by atoms with Crippen LogP contribution in [0.3, 0.4) is 0 Å². The zero-order valence-electron chi connectivity index (χ0n) is 20.8. The fraction of sp³-hybridized carbons (Fsp3) is 0. The first-order valence-electron chi connectivity index (χ1n) is 13.0. The lowest BCUT2D eigenvalue weighted by atomic mass is 9.98. The van der Waals surface area contributed by atoms with E-state index in [1.54, 1.807) is 12.5 Å². The van der Waals surface area contributed by atoms with Crippen LogP contribution in [0, 0.1) is 0 Å². The van der Waals surface area contributed by atoms with Crippen molar-refractivity contribution in [3.8, 4) is 22.6 Å². The van der Waals surface area contributed by atoms with E-state index in [-0.39, 0.29) is 0 Å². The van der Waals surface area contributed by atoms with Crippen molar-refractivity contribution in [1.29, 1.82) is 0 Å². The standard InChI is InChI=1S/C36H20O3/c1-3-33(37-9-1)23-7-5-21-11-27-17-31-32-18-28-12-22-6-8-24(34-4-2-10-38-34)14-26(22)16-30(28)20-36(32)39-35(31)19-29(27)15-25(21)13-23/h1-20H. The molecule has 0 bridgehead atoms. The van der Waals surface area contributed by atoms with Crippen LogP contribution >= 0.6 is 0 Å². The number of hydrogen-bond acceptors (Lipinski definition) is 3. The molecule has 9 aromatic rings. The molecule has 0 unspecified atom stereocenters.